The van der Waals surface area contributed by atoms with Crippen LogP contribution >= 0.6 is 0 Å². The monoisotopic (exact) mass is 390 g/mol. The van der Waals surface area contributed by atoms with Crippen LogP contribution < -0.4 is 10.6 Å². The van der Waals surface area contributed by atoms with E-state index in [2.05, 4.69) is 25.8 Å². The molecule has 3 aliphatic rings. The van der Waals surface area contributed by atoms with E-state index in [-0.39, 0.29) is 11.4 Å². The summed E-state index contributed by atoms with van der Waals surface area (Å²) in [7, 11) is 0. The molecule has 1 aromatic rings. The highest BCUT2D eigenvalue weighted by Gasteiger charge is 2.39. The van der Waals surface area contributed by atoms with Crippen LogP contribution in [-0.2, 0) is 4.74 Å². The molecule has 0 atom stereocenters. The van der Waals surface area contributed by atoms with Crippen molar-refractivity contribution in [3.05, 3.63) is 11.4 Å². The lowest BCUT2D eigenvalue weighted by Crippen LogP contribution is -2.59. The summed E-state index contributed by atoms with van der Waals surface area (Å²) in [4.78, 5) is 15.5. The molecule has 2 aliphatic heterocycles. The fraction of sp³-hybridized carbons (Fsp3) is 0.850. The number of carbonyl (C=O) groups excluding carboxylic acids is 1. The average Bonchev–Trinajstić information content (AvgIpc) is 3.15. The van der Waals surface area contributed by atoms with Gasteiger partial charge in [-0.05, 0) is 45.7 Å². The van der Waals surface area contributed by atoms with Crippen LogP contribution in [0.15, 0.2) is 0 Å². The number of nitrogens with zero attached hydrogens (tertiary/aromatic N) is 4. The third kappa shape index (κ3) is 4.09. The number of ether oxygens (including phenoxy) is 1. The number of nitrogens with one attached hydrogen (secondary N) is 2. The average molecular weight is 391 g/mol. The highest BCUT2D eigenvalue weighted by molar-refractivity contribution is 5.93. The van der Waals surface area contributed by atoms with Gasteiger partial charge in [0.1, 0.15) is 0 Å². The minimum absolute atomic E-state index is 0.0661. The second kappa shape index (κ2) is 8.88. The normalized spacial score (nSPS) is 24.2. The standard InChI is InChI=1S/C20H34N6O2/c1-16-18(23-24-26(16)17-5-9-21-10-6-17)19(27)22-15-20(7-3-2-4-8-20)25-11-13-28-14-12-25/h17,21H,2-15H2,1H3,(H,22,27). The lowest BCUT2D eigenvalue weighted by atomic mass is 9.79. The minimum Gasteiger partial charge on any atom is -0.379 e. The van der Waals surface area contributed by atoms with E-state index in [0.29, 0.717) is 18.3 Å². The number of hydrogen-bond donors (Lipinski definition) is 2. The molecular formula is C20H34N6O2. The predicted octanol–water partition coefficient (Wildman–Crippen LogP) is 1.28. The van der Waals surface area contributed by atoms with Crippen molar-refractivity contribution in [2.24, 2.45) is 0 Å². The highest BCUT2D eigenvalue weighted by atomic mass is 16.5. The molecule has 156 valence electrons. The molecule has 1 aromatic heterocycles. The quantitative estimate of drug-likeness (QED) is 0.788. The molecule has 3 heterocycles. The number of aromatic nitrogens is 3. The van der Waals surface area contributed by atoms with Gasteiger partial charge in [0.05, 0.1) is 24.9 Å². The van der Waals surface area contributed by atoms with Crippen molar-refractivity contribution in [2.45, 2.75) is 63.5 Å². The SMILES string of the molecule is Cc1c(C(=O)NCC2(N3CCOCC3)CCCCC2)nnn1C1CCNCC1. The Balaban J connectivity index is 1.43. The molecule has 4 rings (SSSR count). The lowest BCUT2D eigenvalue weighted by Gasteiger charge is -2.48. The molecule has 3 fully saturated rings. The molecule has 0 radical (unpaired) electrons. The Bertz CT molecular complexity index is 658. The molecule has 0 unspecified atom stereocenters. The lowest BCUT2D eigenvalue weighted by molar-refractivity contribution is -0.0361. The first-order valence-corrected chi connectivity index (χ1v) is 10.9. The maximum absolute atomic E-state index is 12.9. The van der Waals surface area contributed by atoms with Crippen molar-refractivity contribution in [1.29, 1.82) is 0 Å². The number of morpholine rings is 1. The van der Waals surface area contributed by atoms with Crippen molar-refractivity contribution in [3.63, 3.8) is 0 Å². The van der Waals surface area contributed by atoms with Crippen LogP contribution in [0.4, 0.5) is 0 Å². The van der Waals surface area contributed by atoms with E-state index in [1.165, 1.54) is 19.3 Å². The van der Waals surface area contributed by atoms with E-state index in [0.717, 1.165) is 70.8 Å². The summed E-state index contributed by atoms with van der Waals surface area (Å²) < 4.78 is 7.50. The minimum atomic E-state index is -0.0871. The third-order valence-corrected chi connectivity index (χ3v) is 6.84. The Hall–Kier alpha value is -1.51. The van der Waals surface area contributed by atoms with Crippen molar-refractivity contribution in [3.8, 4) is 0 Å². The van der Waals surface area contributed by atoms with Crippen LogP contribution in [-0.4, -0.2) is 77.3 Å². The third-order valence-electron chi connectivity index (χ3n) is 6.84. The van der Waals surface area contributed by atoms with Gasteiger partial charge in [0.25, 0.3) is 5.91 Å². The first-order valence-electron chi connectivity index (χ1n) is 10.9. The number of hydrogen-bond acceptors (Lipinski definition) is 6. The molecule has 0 spiro atoms. The second-order valence-corrected chi connectivity index (χ2v) is 8.52. The first kappa shape index (κ1) is 19.8. The number of rotatable bonds is 5. The van der Waals surface area contributed by atoms with E-state index < -0.39 is 0 Å². The maximum Gasteiger partial charge on any atom is 0.273 e. The highest BCUT2D eigenvalue weighted by Crippen LogP contribution is 2.34. The number of piperidine rings is 1. The molecule has 1 aliphatic carbocycles. The van der Waals surface area contributed by atoms with Gasteiger partial charge in [-0.15, -0.1) is 5.10 Å². The van der Waals surface area contributed by atoms with E-state index in [1.807, 2.05) is 11.6 Å². The summed E-state index contributed by atoms with van der Waals surface area (Å²) in [6.45, 7) is 8.14. The van der Waals surface area contributed by atoms with E-state index >= 15 is 0 Å². The van der Waals surface area contributed by atoms with Crippen molar-refractivity contribution >= 4 is 5.91 Å². The second-order valence-electron chi connectivity index (χ2n) is 8.52. The van der Waals surface area contributed by atoms with Gasteiger partial charge in [-0.2, -0.15) is 0 Å². The summed E-state index contributed by atoms with van der Waals surface area (Å²) in [6, 6.07) is 0.341. The Kier molecular flexibility index (Phi) is 6.28. The zero-order valence-corrected chi connectivity index (χ0v) is 17.1. The van der Waals surface area contributed by atoms with E-state index in [4.69, 9.17) is 4.74 Å². The molecule has 1 amide bonds. The van der Waals surface area contributed by atoms with Gasteiger partial charge in [0.15, 0.2) is 5.69 Å². The van der Waals surface area contributed by atoms with Crippen LogP contribution in [0.5, 0.6) is 0 Å². The molecular weight excluding hydrogens is 356 g/mol. The predicted molar refractivity (Wildman–Crippen MR) is 106 cm³/mol. The Morgan fingerprint density at radius 2 is 1.93 bits per heavy atom. The Morgan fingerprint density at radius 3 is 2.64 bits per heavy atom. The molecule has 0 aromatic carbocycles. The zero-order valence-electron chi connectivity index (χ0n) is 17.1. The van der Waals surface area contributed by atoms with Gasteiger partial charge in [0.2, 0.25) is 0 Å². The number of carbonyl (C=O) groups is 1. The summed E-state index contributed by atoms with van der Waals surface area (Å²) in [5, 5.41) is 15.1. The van der Waals surface area contributed by atoms with Gasteiger partial charge < -0.3 is 15.4 Å². The smallest absolute Gasteiger partial charge is 0.273 e. The van der Waals surface area contributed by atoms with Crippen LogP contribution in [0.2, 0.25) is 0 Å². The molecule has 2 saturated heterocycles. The first-order chi connectivity index (χ1) is 13.7. The topological polar surface area (TPSA) is 84.3 Å². The van der Waals surface area contributed by atoms with Crippen LogP contribution in [0.1, 0.15) is 67.2 Å². The molecule has 1 saturated carbocycles. The fourth-order valence-electron chi connectivity index (χ4n) is 5.13. The maximum atomic E-state index is 12.9. The summed E-state index contributed by atoms with van der Waals surface area (Å²) >= 11 is 0. The molecule has 2 N–H and O–H groups in total. The van der Waals surface area contributed by atoms with E-state index in [1.54, 1.807) is 0 Å². The van der Waals surface area contributed by atoms with Gasteiger partial charge in [-0.1, -0.05) is 24.5 Å². The molecule has 28 heavy (non-hydrogen) atoms. The van der Waals surface area contributed by atoms with Gasteiger partial charge in [-0.25, -0.2) is 4.68 Å². The van der Waals surface area contributed by atoms with E-state index in [9.17, 15) is 4.79 Å². The summed E-state index contributed by atoms with van der Waals surface area (Å²) in [5.74, 6) is -0.0871. The summed E-state index contributed by atoms with van der Waals surface area (Å²) in [6.07, 6.45) is 8.12. The van der Waals surface area contributed by atoms with Crippen molar-refractivity contribution in [1.82, 2.24) is 30.5 Å². The van der Waals surface area contributed by atoms with Gasteiger partial charge in [0, 0.05) is 25.2 Å². The molecule has 8 heteroatoms. The van der Waals surface area contributed by atoms with Gasteiger partial charge in [-0.3, -0.25) is 9.69 Å². The van der Waals surface area contributed by atoms with Crippen LogP contribution in [0, 0.1) is 6.92 Å². The number of amides is 1. The zero-order chi connectivity index (χ0) is 19.4. The van der Waals surface area contributed by atoms with Gasteiger partial charge >= 0.3 is 0 Å². The van der Waals surface area contributed by atoms with Crippen molar-refractivity contribution < 1.29 is 9.53 Å². The summed E-state index contributed by atoms with van der Waals surface area (Å²) in [5.41, 5.74) is 1.43. The van der Waals surface area contributed by atoms with Crippen molar-refractivity contribution in [2.75, 3.05) is 45.9 Å². The van der Waals surface area contributed by atoms with Crippen LogP contribution in [0.25, 0.3) is 0 Å². The molecule has 0 bridgehead atoms. The van der Waals surface area contributed by atoms with Crippen LogP contribution in [0.3, 0.4) is 0 Å². The molecule has 8 nitrogen and oxygen atoms in total. The largest absolute Gasteiger partial charge is 0.379 e. The Morgan fingerprint density at radius 1 is 1.21 bits per heavy atom. The Labute approximate surface area is 167 Å². The fourth-order valence-corrected chi connectivity index (χ4v) is 5.13.